The molecule has 3 rings (SSSR count). The minimum absolute atomic E-state index is 0.213. The zero-order valence-electron chi connectivity index (χ0n) is 12.4. The number of hydrogen-bond acceptors (Lipinski definition) is 4. The second-order valence-electron chi connectivity index (χ2n) is 4.97. The van der Waals surface area contributed by atoms with Gasteiger partial charge in [-0.1, -0.05) is 51.5 Å². The molecule has 0 atom stereocenters. The number of ether oxygens (including phenoxy) is 1. The average Bonchev–Trinajstić information content (AvgIpc) is 2.96. The van der Waals surface area contributed by atoms with Crippen LogP contribution in [0.15, 0.2) is 59.1 Å². The Morgan fingerprint density at radius 2 is 1.83 bits per heavy atom. The van der Waals surface area contributed by atoms with Crippen molar-refractivity contribution in [3.63, 3.8) is 0 Å². The molecule has 0 saturated carbocycles. The van der Waals surface area contributed by atoms with Crippen LogP contribution in [0.1, 0.15) is 21.7 Å². The van der Waals surface area contributed by atoms with Gasteiger partial charge in [-0.2, -0.15) is 0 Å². The Balaban J connectivity index is 1.76. The van der Waals surface area contributed by atoms with Crippen LogP contribution in [0.4, 0.5) is 0 Å². The molecule has 0 radical (unpaired) electrons. The Morgan fingerprint density at radius 3 is 2.52 bits per heavy atom. The molecule has 0 N–H and O–H groups in total. The molecule has 0 amide bonds. The van der Waals surface area contributed by atoms with E-state index >= 15 is 0 Å². The van der Waals surface area contributed by atoms with Gasteiger partial charge in [0.2, 0.25) is 0 Å². The summed E-state index contributed by atoms with van der Waals surface area (Å²) in [4.78, 5) is 12.2. The highest BCUT2D eigenvalue weighted by Crippen LogP contribution is 2.16. The van der Waals surface area contributed by atoms with Gasteiger partial charge in [-0.25, -0.2) is 9.48 Å². The van der Waals surface area contributed by atoms with Gasteiger partial charge in [0.25, 0.3) is 0 Å². The van der Waals surface area contributed by atoms with Gasteiger partial charge in [0.1, 0.15) is 6.61 Å². The van der Waals surface area contributed by atoms with E-state index < -0.39 is 5.97 Å². The van der Waals surface area contributed by atoms with Gasteiger partial charge >= 0.3 is 5.97 Å². The van der Waals surface area contributed by atoms with Crippen LogP contribution >= 0.6 is 15.9 Å². The molecule has 0 fully saturated rings. The van der Waals surface area contributed by atoms with E-state index in [-0.39, 0.29) is 12.3 Å². The minimum atomic E-state index is -0.477. The van der Waals surface area contributed by atoms with Crippen molar-refractivity contribution in [1.29, 1.82) is 0 Å². The largest absolute Gasteiger partial charge is 0.456 e. The summed E-state index contributed by atoms with van der Waals surface area (Å²) in [7, 11) is 0. The summed E-state index contributed by atoms with van der Waals surface area (Å²) in [5.41, 5.74) is 2.63. The molecular formula is C17H14BrN3O2. The maximum atomic E-state index is 12.2. The highest BCUT2D eigenvalue weighted by Gasteiger charge is 2.18. The van der Waals surface area contributed by atoms with Crippen molar-refractivity contribution in [2.75, 3.05) is 0 Å². The monoisotopic (exact) mass is 371 g/mol. The first-order chi connectivity index (χ1) is 11.1. The summed E-state index contributed by atoms with van der Waals surface area (Å²) in [6.07, 6.45) is 0. The molecule has 116 valence electrons. The maximum absolute atomic E-state index is 12.2. The first kappa shape index (κ1) is 15.4. The third kappa shape index (κ3) is 3.48. The predicted molar refractivity (Wildman–Crippen MR) is 89.4 cm³/mol. The van der Waals surface area contributed by atoms with Crippen LogP contribution in [0.25, 0.3) is 5.69 Å². The normalized spacial score (nSPS) is 10.5. The quantitative estimate of drug-likeness (QED) is 0.656. The standard InChI is InChI=1S/C17H14BrN3O2/c1-12-16(17(22)23-11-13-5-3-2-4-6-13)19-20-21(12)15-9-7-14(18)8-10-15/h2-10H,11H2,1H3. The van der Waals surface area contributed by atoms with Crippen molar-refractivity contribution in [2.24, 2.45) is 0 Å². The molecule has 0 aliphatic carbocycles. The number of halogens is 1. The third-order valence-corrected chi connectivity index (χ3v) is 3.90. The lowest BCUT2D eigenvalue weighted by molar-refractivity contribution is 0.0464. The van der Waals surface area contributed by atoms with E-state index in [0.717, 1.165) is 15.7 Å². The first-order valence-corrected chi connectivity index (χ1v) is 7.84. The Labute approximate surface area is 142 Å². The van der Waals surface area contributed by atoms with Gasteiger partial charge in [0.15, 0.2) is 5.69 Å². The number of carbonyl (C=O) groups is 1. The van der Waals surface area contributed by atoms with E-state index in [0.29, 0.717) is 5.69 Å². The van der Waals surface area contributed by atoms with Gasteiger partial charge in [-0.15, -0.1) is 5.10 Å². The van der Waals surface area contributed by atoms with E-state index in [9.17, 15) is 4.79 Å². The minimum Gasteiger partial charge on any atom is -0.456 e. The van der Waals surface area contributed by atoms with Gasteiger partial charge < -0.3 is 4.74 Å². The molecule has 3 aromatic rings. The summed E-state index contributed by atoms with van der Waals surface area (Å²) < 4.78 is 7.89. The lowest BCUT2D eigenvalue weighted by Crippen LogP contribution is -2.08. The van der Waals surface area contributed by atoms with Crippen LogP contribution in [0, 0.1) is 6.92 Å². The summed E-state index contributed by atoms with van der Waals surface area (Å²) in [5.74, 6) is -0.477. The van der Waals surface area contributed by atoms with Crippen molar-refractivity contribution in [3.8, 4) is 5.69 Å². The van der Waals surface area contributed by atoms with E-state index in [4.69, 9.17) is 4.74 Å². The summed E-state index contributed by atoms with van der Waals surface area (Å²) in [6.45, 7) is 2.01. The number of carbonyl (C=O) groups excluding carboxylic acids is 1. The number of rotatable bonds is 4. The molecular weight excluding hydrogens is 358 g/mol. The number of benzene rings is 2. The Bertz CT molecular complexity index is 814. The Kier molecular flexibility index (Phi) is 4.52. The zero-order valence-corrected chi connectivity index (χ0v) is 14.0. The topological polar surface area (TPSA) is 57.0 Å². The zero-order chi connectivity index (χ0) is 16.2. The van der Waals surface area contributed by atoms with Crippen LogP contribution in [0.2, 0.25) is 0 Å². The van der Waals surface area contributed by atoms with Gasteiger partial charge in [0, 0.05) is 4.47 Å². The lowest BCUT2D eigenvalue weighted by Gasteiger charge is -2.05. The van der Waals surface area contributed by atoms with Crippen LogP contribution in [-0.2, 0) is 11.3 Å². The summed E-state index contributed by atoms with van der Waals surface area (Å²) in [6, 6.07) is 17.1. The van der Waals surface area contributed by atoms with Crippen LogP contribution in [0.5, 0.6) is 0 Å². The second-order valence-corrected chi connectivity index (χ2v) is 5.89. The predicted octanol–water partition coefficient (Wildman–Crippen LogP) is 3.70. The molecule has 5 nitrogen and oxygen atoms in total. The SMILES string of the molecule is Cc1c(C(=O)OCc2ccccc2)nnn1-c1ccc(Br)cc1. The van der Waals surface area contributed by atoms with Crippen molar-refractivity contribution >= 4 is 21.9 Å². The average molecular weight is 372 g/mol. The molecule has 23 heavy (non-hydrogen) atoms. The van der Waals surface area contributed by atoms with E-state index in [1.807, 2.05) is 54.6 Å². The summed E-state index contributed by atoms with van der Waals surface area (Å²) >= 11 is 3.39. The van der Waals surface area contributed by atoms with Crippen LogP contribution < -0.4 is 0 Å². The van der Waals surface area contributed by atoms with Gasteiger partial charge in [-0.05, 0) is 36.8 Å². The number of aromatic nitrogens is 3. The fourth-order valence-corrected chi connectivity index (χ4v) is 2.40. The van der Waals surface area contributed by atoms with Crippen LogP contribution in [0.3, 0.4) is 0 Å². The molecule has 2 aromatic carbocycles. The van der Waals surface area contributed by atoms with Crippen molar-refractivity contribution in [1.82, 2.24) is 15.0 Å². The molecule has 1 heterocycles. The molecule has 0 saturated heterocycles. The fraction of sp³-hybridized carbons (Fsp3) is 0.118. The van der Waals surface area contributed by atoms with E-state index in [1.165, 1.54) is 0 Å². The molecule has 0 aliphatic rings. The van der Waals surface area contributed by atoms with E-state index in [1.54, 1.807) is 11.6 Å². The molecule has 6 heteroatoms. The van der Waals surface area contributed by atoms with Crippen LogP contribution in [-0.4, -0.2) is 21.0 Å². The number of nitrogens with zero attached hydrogens (tertiary/aromatic N) is 3. The third-order valence-electron chi connectivity index (χ3n) is 3.37. The Morgan fingerprint density at radius 1 is 1.13 bits per heavy atom. The van der Waals surface area contributed by atoms with E-state index in [2.05, 4.69) is 26.2 Å². The van der Waals surface area contributed by atoms with Crippen molar-refractivity contribution < 1.29 is 9.53 Å². The van der Waals surface area contributed by atoms with Gasteiger partial charge in [0.05, 0.1) is 11.4 Å². The lowest BCUT2D eigenvalue weighted by atomic mass is 10.2. The molecule has 0 bridgehead atoms. The molecule has 1 aromatic heterocycles. The molecule has 0 aliphatic heterocycles. The van der Waals surface area contributed by atoms with Crippen molar-refractivity contribution in [3.05, 3.63) is 76.0 Å². The smallest absolute Gasteiger partial charge is 0.361 e. The highest BCUT2D eigenvalue weighted by atomic mass is 79.9. The molecule has 0 spiro atoms. The fourth-order valence-electron chi connectivity index (χ4n) is 2.14. The maximum Gasteiger partial charge on any atom is 0.361 e. The summed E-state index contributed by atoms with van der Waals surface area (Å²) in [5, 5.41) is 8.00. The highest BCUT2D eigenvalue weighted by molar-refractivity contribution is 9.10. The first-order valence-electron chi connectivity index (χ1n) is 7.04. The molecule has 0 unspecified atom stereocenters. The number of esters is 1. The van der Waals surface area contributed by atoms with Gasteiger partial charge in [-0.3, -0.25) is 0 Å². The van der Waals surface area contributed by atoms with Crippen molar-refractivity contribution in [2.45, 2.75) is 13.5 Å². The second kappa shape index (κ2) is 6.75. The number of hydrogen-bond donors (Lipinski definition) is 0. The Hall–Kier alpha value is -2.47.